The van der Waals surface area contributed by atoms with Crippen LogP contribution in [-0.2, 0) is 11.2 Å². The maximum absolute atomic E-state index is 12.0. The zero-order valence-corrected chi connectivity index (χ0v) is 12.0. The molecule has 0 fully saturated rings. The topological polar surface area (TPSA) is 78.7 Å². The van der Waals surface area contributed by atoms with Crippen LogP contribution in [0.2, 0.25) is 0 Å². The highest BCUT2D eigenvalue weighted by atomic mass is 16.6. The molecular formula is C16H15NO5. The molecule has 0 radical (unpaired) electrons. The van der Waals surface area contributed by atoms with E-state index in [1.807, 2.05) is 12.1 Å². The van der Waals surface area contributed by atoms with Crippen molar-refractivity contribution >= 4 is 11.7 Å². The first kappa shape index (κ1) is 15.7. The molecule has 2 aromatic carbocycles. The molecule has 0 N–H and O–H groups in total. The summed E-state index contributed by atoms with van der Waals surface area (Å²) in [6, 6.07) is 12.5. The van der Waals surface area contributed by atoms with Gasteiger partial charge in [0.25, 0.3) is 5.69 Å². The molecule has 114 valence electrons. The number of hydrogen-bond acceptors (Lipinski definition) is 5. The summed E-state index contributed by atoms with van der Waals surface area (Å²) in [6.45, 7) is 0.618. The molecule has 0 atom stereocenters. The standard InChI is InChI=1S/C16H15NO5/c1-21-10-9-12-5-7-15(8-6-12)22-16(18)13-3-2-4-14(11-13)17(19)20/h2-8,11H,9-10H2,1H3. The number of benzene rings is 2. The van der Waals surface area contributed by atoms with Crippen LogP contribution in [0, 0.1) is 10.1 Å². The molecule has 6 nitrogen and oxygen atoms in total. The van der Waals surface area contributed by atoms with Gasteiger partial charge >= 0.3 is 5.97 Å². The summed E-state index contributed by atoms with van der Waals surface area (Å²) >= 11 is 0. The summed E-state index contributed by atoms with van der Waals surface area (Å²) in [5, 5.41) is 10.7. The van der Waals surface area contributed by atoms with Gasteiger partial charge in [-0.3, -0.25) is 10.1 Å². The molecule has 0 saturated heterocycles. The van der Waals surface area contributed by atoms with E-state index in [2.05, 4.69) is 0 Å². The first-order valence-electron chi connectivity index (χ1n) is 6.64. The van der Waals surface area contributed by atoms with Crippen LogP contribution < -0.4 is 4.74 Å². The number of esters is 1. The molecule has 0 aliphatic rings. The SMILES string of the molecule is COCCc1ccc(OC(=O)c2cccc([N+](=O)[O-])c2)cc1. The van der Waals surface area contributed by atoms with Crippen molar-refractivity contribution in [3.8, 4) is 5.75 Å². The maximum Gasteiger partial charge on any atom is 0.343 e. The number of nitro groups is 1. The zero-order chi connectivity index (χ0) is 15.9. The van der Waals surface area contributed by atoms with Crippen LogP contribution in [0.25, 0.3) is 0 Å². The van der Waals surface area contributed by atoms with Gasteiger partial charge in [-0.2, -0.15) is 0 Å². The lowest BCUT2D eigenvalue weighted by Gasteiger charge is -2.06. The molecule has 0 amide bonds. The van der Waals surface area contributed by atoms with Crippen molar-refractivity contribution in [1.29, 1.82) is 0 Å². The van der Waals surface area contributed by atoms with Gasteiger partial charge in [0.2, 0.25) is 0 Å². The van der Waals surface area contributed by atoms with E-state index >= 15 is 0 Å². The molecular weight excluding hydrogens is 286 g/mol. The van der Waals surface area contributed by atoms with Crippen molar-refractivity contribution in [2.75, 3.05) is 13.7 Å². The largest absolute Gasteiger partial charge is 0.423 e. The summed E-state index contributed by atoms with van der Waals surface area (Å²) in [6.07, 6.45) is 0.773. The quantitative estimate of drug-likeness (QED) is 0.355. The molecule has 2 aromatic rings. The minimum atomic E-state index is -0.631. The lowest BCUT2D eigenvalue weighted by Crippen LogP contribution is -2.08. The van der Waals surface area contributed by atoms with Crippen molar-refractivity contribution in [3.05, 3.63) is 69.8 Å². The summed E-state index contributed by atoms with van der Waals surface area (Å²) in [4.78, 5) is 22.1. The Hall–Kier alpha value is -2.73. The van der Waals surface area contributed by atoms with E-state index in [1.54, 1.807) is 19.2 Å². The van der Waals surface area contributed by atoms with Gasteiger partial charge < -0.3 is 9.47 Å². The van der Waals surface area contributed by atoms with Crippen LogP contribution >= 0.6 is 0 Å². The van der Waals surface area contributed by atoms with Gasteiger partial charge in [0.15, 0.2) is 0 Å². The van der Waals surface area contributed by atoms with Crippen LogP contribution in [0.5, 0.6) is 5.75 Å². The van der Waals surface area contributed by atoms with Crippen molar-refractivity contribution in [3.63, 3.8) is 0 Å². The van der Waals surface area contributed by atoms with E-state index in [0.29, 0.717) is 12.4 Å². The van der Waals surface area contributed by atoms with Gasteiger partial charge in [-0.05, 0) is 30.2 Å². The Labute approximate surface area is 127 Å². The minimum Gasteiger partial charge on any atom is -0.423 e. The van der Waals surface area contributed by atoms with Crippen molar-refractivity contribution in [2.24, 2.45) is 0 Å². The van der Waals surface area contributed by atoms with E-state index in [0.717, 1.165) is 12.0 Å². The highest BCUT2D eigenvalue weighted by Crippen LogP contribution is 2.17. The molecule has 0 heterocycles. The molecule has 0 aliphatic carbocycles. The Kier molecular flexibility index (Phi) is 5.21. The molecule has 22 heavy (non-hydrogen) atoms. The Morgan fingerprint density at radius 1 is 1.18 bits per heavy atom. The second-order valence-electron chi connectivity index (χ2n) is 4.58. The molecule has 0 bridgehead atoms. The summed E-state index contributed by atoms with van der Waals surface area (Å²) in [7, 11) is 1.63. The average Bonchev–Trinajstić information content (AvgIpc) is 2.54. The second kappa shape index (κ2) is 7.33. The van der Waals surface area contributed by atoms with Crippen LogP contribution in [0.1, 0.15) is 15.9 Å². The second-order valence-corrected chi connectivity index (χ2v) is 4.58. The molecule has 0 saturated carbocycles. The minimum absolute atomic E-state index is 0.137. The number of carbonyl (C=O) groups excluding carboxylic acids is 1. The lowest BCUT2D eigenvalue weighted by atomic mass is 10.1. The predicted octanol–water partition coefficient (Wildman–Crippen LogP) is 3.00. The molecule has 2 rings (SSSR count). The van der Waals surface area contributed by atoms with Crippen LogP contribution in [0.4, 0.5) is 5.69 Å². The maximum atomic E-state index is 12.0. The Morgan fingerprint density at radius 2 is 1.91 bits per heavy atom. The Bertz CT molecular complexity index is 666. The highest BCUT2D eigenvalue weighted by molar-refractivity contribution is 5.91. The van der Waals surface area contributed by atoms with E-state index in [9.17, 15) is 14.9 Å². The Balaban J connectivity index is 2.05. The summed E-state index contributed by atoms with van der Waals surface area (Å²) in [5.74, 6) is -0.244. The predicted molar refractivity (Wildman–Crippen MR) is 80.1 cm³/mol. The van der Waals surface area contributed by atoms with E-state index < -0.39 is 10.9 Å². The smallest absolute Gasteiger partial charge is 0.343 e. The van der Waals surface area contributed by atoms with Gasteiger partial charge in [0.1, 0.15) is 5.75 Å². The fourth-order valence-corrected chi connectivity index (χ4v) is 1.86. The van der Waals surface area contributed by atoms with Gasteiger partial charge in [-0.1, -0.05) is 18.2 Å². The normalized spacial score (nSPS) is 10.2. The Morgan fingerprint density at radius 3 is 2.55 bits per heavy atom. The number of methoxy groups -OCH3 is 1. The van der Waals surface area contributed by atoms with Crippen molar-refractivity contribution < 1.29 is 19.2 Å². The van der Waals surface area contributed by atoms with E-state index in [-0.39, 0.29) is 11.3 Å². The molecule has 6 heteroatoms. The third kappa shape index (κ3) is 4.13. The zero-order valence-electron chi connectivity index (χ0n) is 12.0. The molecule has 0 unspecified atom stereocenters. The van der Waals surface area contributed by atoms with Crippen LogP contribution in [0.15, 0.2) is 48.5 Å². The fraction of sp³-hybridized carbons (Fsp3) is 0.188. The van der Waals surface area contributed by atoms with Crippen LogP contribution in [-0.4, -0.2) is 24.6 Å². The van der Waals surface area contributed by atoms with Gasteiger partial charge in [-0.15, -0.1) is 0 Å². The van der Waals surface area contributed by atoms with Gasteiger partial charge in [0, 0.05) is 19.2 Å². The van der Waals surface area contributed by atoms with Gasteiger partial charge in [0.05, 0.1) is 17.1 Å². The highest BCUT2D eigenvalue weighted by Gasteiger charge is 2.13. The number of rotatable bonds is 6. The fourth-order valence-electron chi connectivity index (χ4n) is 1.86. The number of ether oxygens (including phenoxy) is 2. The molecule has 0 spiro atoms. The first-order chi connectivity index (χ1) is 10.6. The summed E-state index contributed by atoms with van der Waals surface area (Å²) in [5.41, 5.74) is 1.05. The third-order valence-electron chi connectivity index (χ3n) is 3.02. The van der Waals surface area contributed by atoms with E-state index in [4.69, 9.17) is 9.47 Å². The van der Waals surface area contributed by atoms with Crippen LogP contribution in [0.3, 0.4) is 0 Å². The molecule has 0 aromatic heterocycles. The third-order valence-corrected chi connectivity index (χ3v) is 3.02. The van der Waals surface area contributed by atoms with Crippen molar-refractivity contribution in [2.45, 2.75) is 6.42 Å². The van der Waals surface area contributed by atoms with Gasteiger partial charge in [-0.25, -0.2) is 4.79 Å². The lowest BCUT2D eigenvalue weighted by molar-refractivity contribution is -0.384. The monoisotopic (exact) mass is 301 g/mol. The number of hydrogen-bond donors (Lipinski definition) is 0. The number of non-ortho nitro benzene ring substituents is 1. The van der Waals surface area contributed by atoms with Crippen molar-refractivity contribution in [1.82, 2.24) is 0 Å². The first-order valence-corrected chi connectivity index (χ1v) is 6.64. The number of nitrogens with zero attached hydrogens (tertiary/aromatic N) is 1. The molecule has 0 aliphatic heterocycles. The summed E-state index contributed by atoms with van der Waals surface area (Å²) < 4.78 is 10.2. The number of nitro benzene ring substituents is 1. The number of carbonyl (C=O) groups is 1. The average molecular weight is 301 g/mol. The van der Waals surface area contributed by atoms with E-state index in [1.165, 1.54) is 24.3 Å².